The van der Waals surface area contributed by atoms with Crippen molar-refractivity contribution >= 4 is 22.4 Å². The molecule has 0 unspecified atom stereocenters. The monoisotopic (exact) mass is 353 g/mol. The van der Waals surface area contributed by atoms with Crippen molar-refractivity contribution in [1.29, 1.82) is 0 Å². The van der Waals surface area contributed by atoms with Crippen LogP contribution in [0.3, 0.4) is 0 Å². The number of anilines is 1. The number of hydrogen-bond acceptors (Lipinski definition) is 5. The van der Waals surface area contributed by atoms with Crippen LogP contribution < -0.4 is 10.1 Å². The first-order valence-electron chi connectivity index (χ1n) is 8.13. The summed E-state index contributed by atoms with van der Waals surface area (Å²) in [7, 11) is 0. The Hall–Kier alpha value is -2.73. The average molecular weight is 353 g/mol. The number of aromatic nitrogens is 2. The maximum absolute atomic E-state index is 12.1. The first kappa shape index (κ1) is 17.1. The van der Waals surface area contributed by atoms with E-state index in [9.17, 15) is 4.79 Å². The van der Waals surface area contributed by atoms with Crippen molar-refractivity contribution in [3.05, 3.63) is 71.2 Å². The van der Waals surface area contributed by atoms with E-state index in [0.29, 0.717) is 11.6 Å². The Morgan fingerprint density at radius 1 is 1.08 bits per heavy atom. The minimum Gasteiger partial charge on any atom is -0.483 e. The van der Waals surface area contributed by atoms with E-state index < -0.39 is 0 Å². The van der Waals surface area contributed by atoms with E-state index in [-0.39, 0.29) is 12.0 Å². The van der Waals surface area contributed by atoms with Gasteiger partial charge in [-0.3, -0.25) is 4.79 Å². The van der Waals surface area contributed by atoms with Gasteiger partial charge in [0.15, 0.2) is 11.1 Å². The highest BCUT2D eigenvalue weighted by molar-refractivity contribution is 7.15. The van der Waals surface area contributed by atoms with Gasteiger partial charge in [-0.2, -0.15) is 0 Å². The van der Waals surface area contributed by atoms with Gasteiger partial charge in [0.05, 0.1) is 6.42 Å². The first-order valence-corrected chi connectivity index (χ1v) is 8.95. The maximum Gasteiger partial charge on any atom is 0.230 e. The Morgan fingerprint density at radius 3 is 2.44 bits per heavy atom. The molecular weight excluding hydrogens is 334 g/mol. The minimum absolute atomic E-state index is 0.106. The molecule has 0 radical (unpaired) electrons. The van der Waals surface area contributed by atoms with Gasteiger partial charge in [0.25, 0.3) is 0 Å². The van der Waals surface area contributed by atoms with Crippen LogP contribution in [0.2, 0.25) is 0 Å². The van der Waals surface area contributed by atoms with E-state index in [2.05, 4.69) is 15.5 Å². The number of para-hydroxylation sites is 1. The smallest absolute Gasteiger partial charge is 0.230 e. The van der Waals surface area contributed by atoms with E-state index in [4.69, 9.17) is 4.74 Å². The lowest BCUT2D eigenvalue weighted by molar-refractivity contribution is -0.115. The summed E-state index contributed by atoms with van der Waals surface area (Å²) in [5, 5.41) is 12.3. The number of benzene rings is 2. The lowest BCUT2D eigenvalue weighted by atomic mass is 10.1. The molecule has 0 saturated carbocycles. The third-order valence-corrected chi connectivity index (χ3v) is 4.49. The predicted octanol–water partition coefficient (Wildman–Crippen LogP) is 4.25. The Balaban J connectivity index is 1.61. The summed E-state index contributed by atoms with van der Waals surface area (Å²) >= 11 is 1.34. The Kier molecular flexibility index (Phi) is 5.74. The molecule has 1 amide bonds. The zero-order valence-corrected chi connectivity index (χ0v) is 14.7. The van der Waals surface area contributed by atoms with E-state index in [0.717, 1.165) is 22.7 Å². The molecule has 1 aromatic heterocycles. The Morgan fingerprint density at radius 2 is 1.76 bits per heavy atom. The van der Waals surface area contributed by atoms with Crippen LogP contribution in [0.4, 0.5) is 5.13 Å². The van der Waals surface area contributed by atoms with Crippen molar-refractivity contribution in [2.24, 2.45) is 0 Å². The summed E-state index contributed by atoms with van der Waals surface area (Å²) in [6.07, 6.45) is 0.897. The van der Waals surface area contributed by atoms with Gasteiger partial charge in [-0.15, -0.1) is 10.2 Å². The van der Waals surface area contributed by atoms with Crippen LogP contribution in [-0.4, -0.2) is 16.1 Å². The zero-order valence-electron chi connectivity index (χ0n) is 13.9. The molecule has 1 atom stereocenters. The van der Waals surface area contributed by atoms with Gasteiger partial charge in [0.2, 0.25) is 11.0 Å². The number of carbonyl (C=O) groups excluding carboxylic acids is 1. The van der Waals surface area contributed by atoms with Crippen LogP contribution in [0, 0.1) is 0 Å². The molecule has 1 N–H and O–H groups in total. The van der Waals surface area contributed by atoms with Gasteiger partial charge in [-0.1, -0.05) is 66.8 Å². The number of ether oxygens (including phenoxy) is 1. The van der Waals surface area contributed by atoms with Crippen molar-refractivity contribution < 1.29 is 9.53 Å². The summed E-state index contributed by atoms with van der Waals surface area (Å²) < 4.78 is 5.96. The number of amides is 1. The fourth-order valence-corrected chi connectivity index (χ4v) is 3.20. The number of nitrogens with one attached hydrogen (secondary N) is 1. The van der Waals surface area contributed by atoms with E-state index in [1.54, 1.807) is 0 Å². The molecule has 0 bridgehead atoms. The van der Waals surface area contributed by atoms with Gasteiger partial charge >= 0.3 is 0 Å². The molecule has 0 aliphatic carbocycles. The fourth-order valence-electron chi connectivity index (χ4n) is 2.33. The number of carbonyl (C=O) groups is 1. The Bertz CT molecular complexity index is 806. The highest BCUT2D eigenvalue weighted by Gasteiger charge is 2.18. The Labute approximate surface area is 150 Å². The molecule has 6 heteroatoms. The summed E-state index contributed by atoms with van der Waals surface area (Å²) in [5.74, 6) is 0.685. The second-order valence-corrected chi connectivity index (χ2v) is 6.49. The van der Waals surface area contributed by atoms with Gasteiger partial charge in [0.1, 0.15) is 5.75 Å². The molecule has 3 aromatic rings. The molecule has 2 aromatic carbocycles. The van der Waals surface area contributed by atoms with Crippen LogP contribution in [0.5, 0.6) is 5.75 Å². The minimum atomic E-state index is -0.181. The number of rotatable bonds is 7. The van der Waals surface area contributed by atoms with Gasteiger partial charge in [-0.05, 0) is 24.1 Å². The SMILES string of the molecule is CC[C@H](Oc1ccccc1)c1nnc(NC(=O)Cc2ccccc2)s1. The van der Waals surface area contributed by atoms with Crippen LogP contribution >= 0.6 is 11.3 Å². The molecule has 0 fully saturated rings. The molecule has 128 valence electrons. The largest absolute Gasteiger partial charge is 0.483 e. The second-order valence-electron chi connectivity index (χ2n) is 5.48. The van der Waals surface area contributed by atoms with Crippen molar-refractivity contribution in [3.8, 4) is 5.75 Å². The highest BCUT2D eigenvalue weighted by Crippen LogP contribution is 2.28. The highest BCUT2D eigenvalue weighted by atomic mass is 32.1. The standard InChI is InChI=1S/C19H19N3O2S/c1-2-16(24-15-11-7-4-8-12-15)18-21-22-19(25-18)20-17(23)13-14-9-5-3-6-10-14/h3-12,16H,2,13H2,1H3,(H,20,22,23)/t16-/m0/s1. The molecule has 0 spiro atoms. The maximum atomic E-state index is 12.1. The van der Waals surface area contributed by atoms with Crippen LogP contribution in [-0.2, 0) is 11.2 Å². The van der Waals surface area contributed by atoms with Crippen LogP contribution in [0.15, 0.2) is 60.7 Å². The molecular formula is C19H19N3O2S. The predicted molar refractivity (Wildman–Crippen MR) is 98.8 cm³/mol. The van der Waals surface area contributed by atoms with Gasteiger partial charge in [0, 0.05) is 0 Å². The van der Waals surface area contributed by atoms with E-state index >= 15 is 0 Å². The van der Waals surface area contributed by atoms with Gasteiger partial charge in [-0.25, -0.2) is 0 Å². The fraction of sp³-hybridized carbons (Fsp3) is 0.211. The summed E-state index contributed by atoms with van der Waals surface area (Å²) in [4.78, 5) is 12.1. The molecule has 3 rings (SSSR count). The first-order chi connectivity index (χ1) is 12.2. The summed E-state index contributed by atoms with van der Waals surface area (Å²) in [6, 6.07) is 19.2. The molecule has 0 aliphatic rings. The summed E-state index contributed by atoms with van der Waals surface area (Å²) in [6.45, 7) is 2.03. The van der Waals surface area contributed by atoms with E-state index in [1.807, 2.05) is 67.6 Å². The summed E-state index contributed by atoms with van der Waals surface area (Å²) in [5.41, 5.74) is 0.962. The molecule has 5 nitrogen and oxygen atoms in total. The second kappa shape index (κ2) is 8.39. The number of nitrogens with zero attached hydrogens (tertiary/aromatic N) is 2. The van der Waals surface area contributed by atoms with E-state index in [1.165, 1.54) is 11.3 Å². The van der Waals surface area contributed by atoms with Gasteiger partial charge < -0.3 is 10.1 Å². The zero-order chi connectivity index (χ0) is 17.5. The molecule has 25 heavy (non-hydrogen) atoms. The third kappa shape index (κ3) is 4.87. The topological polar surface area (TPSA) is 64.1 Å². The van der Waals surface area contributed by atoms with Crippen molar-refractivity contribution in [2.45, 2.75) is 25.9 Å². The molecule has 0 aliphatic heterocycles. The van der Waals surface area contributed by atoms with Crippen molar-refractivity contribution in [2.75, 3.05) is 5.32 Å². The van der Waals surface area contributed by atoms with Crippen molar-refractivity contribution in [3.63, 3.8) is 0 Å². The van der Waals surface area contributed by atoms with Crippen molar-refractivity contribution in [1.82, 2.24) is 10.2 Å². The third-order valence-electron chi connectivity index (χ3n) is 3.56. The number of hydrogen-bond donors (Lipinski definition) is 1. The normalized spacial score (nSPS) is 11.7. The van der Waals surface area contributed by atoms with Crippen LogP contribution in [0.1, 0.15) is 30.0 Å². The quantitative estimate of drug-likeness (QED) is 0.690. The lowest BCUT2D eigenvalue weighted by Gasteiger charge is -2.14. The lowest BCUT2D eigenvalue weighted by Crippen LogP contribution is -2.14. The molecule has 1 heterocycles. The average Bonchev–Trinajstić information content (AvgIpc) is 3.09. The van der Waals surface area contributed by atoms with Crippen LogP contribution in [0.25, 0.3) is 0 Å². The molecule has 0 saturated heterocycles.